The van der Waals surface area contributed by atoms with Crippen molar-refractivity contribution < 1.29 is 19.8 Å². The third-order valence-electron chi connectivity index (χ3n) is 1.96. The van der Waals surface area contributed by atoms with Gasteiger partial charge in [0.25, 0.3) is 0 Å². The number of amides is 1. The van der Waals surface area contributed by atoms with Gasteiger partial charge in [0.15, 0.2) is 0 Å². The van der Waals surface area contributed by atoms with Crippen molar-refractivity contribution in [3.8, 4) is 0 Å². The highest BCUT2D eigenvalue weighted by Gasteiger charge is 2.31. The number of hydrogen-bond donors (Lipinski definition) is 1. The minimum atomic E-state index is -2.40. The van der Waals surface area contributed by atoms with E-state index < -0.39 is 36.8 Å². The molecule has 0 saturated carbocycles. The summed E-state index contributed by atoms with van der Waals surface area (Å²) in [6.07, 6.45) is -2.43. The minimum Gasteiger partial charge on any atom is -0.444 e. The molecular formula is C11H22N2O3. The van der Waals surface area contributed by atoms with E-state index >= 15 is 0 Å². The van der Waals surface area contributed by atoms with Gasteiger partial charge in [0.1, 0.15) is 5.60 Å². The highest BCUT2D eigenvalue weighted by molar-refractivity contribution is 5.68. The highest BCUT2D eigenvalue weighted by atomic mass is 16.6. The Bertz CT molecular complexity index is 384. The first kappa shape index (κ1) is 8.31. The van der Waals surface area contributed by atoms with Gasteiger partial charge in [0.2, 0.25) is 0 Å². The Morgan fingerprint density at radius 1 is 1.56 bits per heavy atom. The minimum absolute atomic E-state index is 0.232. The number of nitrogens with zero attached hydrogens (tertiary/aromatic N) is 1. The van der Waals surface area contributed by atoms with Crippen molar-refractivity contribution >= 4 is 6.09 Å². The quantitative estimate of drug-likeness (QED) is 0.734. The number of methoxy groups -OCH3 is 1. The summed E-state index contributed by atoms with van der Waals surface area (Å²) in [5.41, 5.74) is 4.89. The van der Waals surface area contributed by atoms with Crippen molar-refractivity contribution in [2.24, 2.45) is 5.73 Å². The maximum Gasteiger partial charge on any atom is 0.410 e. The Morgan fingerprint density at radius 3 is 2.69 bits per heavy atom. The van der Waals surface area contributed by atoms with Crippen LogP contribution in [0.25, 0.3) is 0 Å². The van der Waals surface area contributed by atoms with E-state index in [1.165, 1.54) is 7.11 Å². The van der Waals surface area contributed by atoms with E-state index in [0.717, 1.165) is 0 Å². The van der Waals surface area contributed by atoms with E-state index in [4.69, 9.17) is 20.7 Å². The summed E-state index contributed by atoms with van der Waals surface area (Å²) in [5, 5.41) is 0. The van der Waals surface area contributed by atoms with Crippen LogP contribution in [-0.2, 0) is 9.47 Å². The lowest BCUT2D eigenvalue weighted by molar-refractivity contribution is -0.0126. The zero-order valence-electron chi connectivity index (χ0n) is 14.1. The van der Waals surface area contributed by atoms with Crippen LogP contribution in [0.1, 0.15) is 32.7 Å². The van der Waals surface area contributed by atoms with Crippen LogP contribution >= 0.6 is 0 Å². The molecule has 5 nitrogen and oxygen atoms in total. The van der Waals surface area contributed by atoms with Crippen molar-refractivity contribution in [3.05, 3.63) is 0 Å². The first-order valence-electron chi connectivity index (χ1n) is 7.14. The van der Waals surface area contributed by atoms with Crippen molar-refractivity contribution in [2.45, 2.75) is 44.9 Å². The smallest absolute Gasteiger partial charge is 0.410 e. The van der Waals surface area contributed by atoms with E-state index in [1.807, 2.05) is 0 Å². The van der Waals surface area contributed by atoms with Gasteiger partial charge in [-0.25, -0.2) is 4.79 Å². The predicted molar refractivity (Wildman–Crippen MR) is 61.2 cm³/mol. The van der Waals surface area contributed by atoms with Crippen LogP contribution in [-0.4, -0.2) is 48.8 Å². The summed E-state index contributed by atoms with van der Waals surface area (Å²) in [4.78, 5) is 12.6. The molecule has 0 bridgehead atoms. The molecule has 1 aliphatic heterocycles. The fraction of sp³-hybridized carbons (Fsp3) is 0.909. The summed E-state index contributed by atoms with van der Waals surface area (Å²) >= 11 is 0. The molecule has 1 rings (SSSR count). The number of piperidine rings is 1. The van der Waals surface area contributed by atoms with Gasteiger partial charge < -0.3 is 20.1 Å². The van der Waals surface area contributed by atoms with Crippen LogP contribution in [0, 0.1) is 0 Å². The van der Waals surface area contributed by atoms with Gasteiger partial charge in [-0.3, -0.25) is 0 Å². The molecule has 2 atom stereocenters. The number of likely N-dealkylation sites (tertiary alicyclic amines) is 1. The number of ether oxygens (including phenoxy) is 2. The van der Waals surface area contributed by atoms with Gasteiger partial charge >= 0.3 is 6.09 Å². The number of hydrogen-bond acceptors (Lipinski definition) is 4. The fourth-order valence-electron chi connectivity index (χ4n) is 1.22. The van der Waals surface area contributed by atoms with E-state index in [1.54, 1.807) is 20.8 Å². The molecule has 2 N–H and O–H groups in total. The maximum atomic E-state index is 12.1. The molecule has 1 heterocycles. The SMILES string of the molecule is [2H]C1([2H])C[C@@H](N)[C@H](OC)C([2H])([2H])N1C(=O)OC(C)(C)C. The molecule has 5 heteroatoms. The third-order valence-corrected chi connectivity index (χ3v) is 1.96. The molecule has 94 valence electrons. The molecule has 0 aliphatic carbocycles. The molecular weight excluding hydrogens is 208 g/mol. The van der Waals surface area contributed by atoms with Crippen LogP contribution in [0.5, 0.6) is 0 Å². The van der Waals surface area contributed by atoms with Crippen molar-refractivity contribution in [3.63, 3.8) is 0 Å². The largest absolute Gasteiger partial charge is 0.444 e. The fourth-order valence-corrected chi connectivity index (χ4v) is 1.22. The van der Waals surface area contributed by atoms with Crippen molar-refractivity contribution in [2.75, 3.05) is 20.1 Å². The van der Waals surface area contributed by atoms with Crippen molar-refractivity contribution in [1.29, 1.82) is 0 Å². The molecule has 0 spiro atoms. The van der Waals surface area contributed by atoms with E-state index in [2.05, 4.69) is 0 Å². The monoisotopic (exact) mass is 234 g/mol. The predicted octanol–water partition coefficient (Wildman–Crippen LogP) is 0.969. The van der Waals surface area contributed by atoms with E-state index in [-0.39, 0.29) is 6.42 Å². The third kappa shape index (κ3) is 3.64. The highest BCUT2D eigenvalue weighted by Crippen LogP contribution is 2.16. The zero-order chi connectivity index (χ0) is 15.9. The van der Waals surface area contributed by atoms with Gasteiger partial charge in [-0.05, 0) is 27.2 Å². The van der Waals surface area contributed by atoms with Gasteiger partial charge in [-0.1, -0.05) is 0 Å². The van der Waals surface area contributed by atoms with Crippen LogP contribution in [0.15, 0.2) is 0 Å². The molecule has 0 aromatic carbocycles. The van der Waals surface area contributed by atoms with Crippen LogP contribution < -0.4 is 5.73 Å². The summed E-state index contributed by atoms with van der Waals surface area (Å²) in [6.45, 7) is 0.219. The Hall–Kier alpha value is -0.810. The Kier molecular flexibility index (Phi) is 2.60. The number of rotatable bonds is 1. The molecule has 1 amide bonds. The summed E-state index contributed by atoms with van der Waals surface area (Å²) in [5.74, 6) is 0. The topological polar surface area (TPSA) is 64.8 Å². The lowest BCUT2D eigenvalue weighted by Gasteiger charge is -2.36. The van der Waals surface area contributed by atoms with Crippen LogP contribution in [0.3, 0.4) is 0 Å². The van der Waals surface area contributed by atoms with Crippen molar-refractivity contribution in [1.82, 2.24) is 4.90 Å². The van der Waals surface area contributed by atoms with Gasteiger partial charge in [0, 0.05) is 22.4 Å². The maximum absolute atomic E-state index is 12.1. The standard InChI is InChI=1S/C11H22N2O3/c1-11(2,3)16-10(14)13-6-5-8(12)9(7-13)15-4/h8-9H,5-7,12H2,1-4H3/t8-,9-/m1/s1/i6D2,7D2. The summed E-state index contributed by atoms with van der Waals surface area (Å²) in [6, 6.07) is -0.858. The average Bonchev–Trinajstić information content (AvgIpc) is 2.09. The second-order valence-corrected chi connectivity index (χ2v) is 4.63. The molecule has 1 saturated heterocycles. The first-order chi connectivity index (χ1) is 8.83. The second-order valence-electron chi connectivity index (χ2n) is 4.63. The number of carbonyl (C=O) groups is 1. The number of nitrogens with two attached hydrogens (primary N) is 1. The van der Waals surface area contributed by atoms with Gasteiger partial charge in [-0.15, -0.1) is 0 Å². The number of carbonyl (C=O) groups excluding carboxylic acids is 1. The summed E-state index contributed by atoms with van der Waals surface area (Å²) in [7, 11) is 1.27. The Morgan fingerprint density at radius 2 is 2.19 bits per heavy atom. The molecule has 16 heavy (non-hydrogen) atoms. The first-order valence-corrected chi connectivity index (χ1v) is 5.14. The molecule has 1 fully saturated rings. The van der Waals surface area contributed by atoms with Crippen LogP contribution in [0.2, 0.25) is 0 Å². The van der Waals surface area contributed by atoms with Crippen LogP contribution in [0.4, 0.5) is 4.79 Å². The van der Waals surface area contributed by atoms with Gasteiger partial charge in [0.05, 0.1) is 15.3 Å². The second kappa shape index (κ2) is 5.01. The molecule has 0 unspecified atom stereocenters. The van der Waals surface area contributed by atoms with Gasteiger partial charge in [-0.2, -0.15) is 0 Å². The Labute approximate surface area is 102 Å². The molecule has 1 aliphatic rings. The molecule has 0 radical (unpaired) electrons. The lowest BCUT2D eigenvalue weighted by atomic mass is 10.0. The Balaban J connectivity index is 3.15. The lowest BCUT2D eigenvalue weighted by Crippen LogP contribution is -2.53. The van der Waals surface area contributed by atoms with E-state index in [9.17, 15) is 4.79 Å². The van der Waals surface area contributed by atoms with E-state index in [0.29, 0.717) is 4.90 Å². The normalized spacial score (nSPS) is 36.7. The zero-order valence-corrected chi connectivity index (χ0v) is 10.1. The summed E-state index contributed by atoms with van der Waals surface area (Å²) < 4.78 is 41.9. The molecule has 0 aromatic rings. The molecule has 0 aromatic heterocycles. The average molecular weight is 234 g/mol.